The summed E-state index contributed by atoms with van der Waals surface area (Å²) in [5.74, 6) is 0.563. The number of aryl methyl sites for hydroxylation is 1. The van der Waals surface area contributed by atoms with E-state index in [1.54, 1.807) is 0 Å². The van der Waals surface area contributed by atoms with E-state index in [9.17, 15) is 13.2 Å². The van der Waals surface area contributed by atoms with Crippen LogP contribution >= 0.6 is 0 Å². The van der Waals surface area contributed by atoms with Crippen molar-refractivity contribution in [3.05, 3.63) is 59.9 Å². The van der Waals surface area contributed by atoms with Gasteiger partial charge in [-0.05, 0) is 42.8 Å². The van der Waals surface area contributed by atoms with Gasteiger partial charge in [0.1, 0.15) is 12.1 Å². The number of halogens is 3. The molecule has 3 rings (SSSR count). The van der Waals surface area contributed by atoms with Gasteiger partial charge in [-0.15, -0.1) is 0 Å². The van der Waals surface area contributed by atoms with Crippen LogP contribution < -0.4 is 5.32 Å². The molecule has 0 aliphatic heterocycles. The molecule has 112 valence electrons. The third kappa shape index (κ3) is 2.72. The Morgan fingerprint density at radius 1 is 0.955 bits per heavy atom. The fourth-order valence-corrected chi connectivity index (χ4v) is 2.21. The molecule has 3 aromatic rings. The Balaban J connectivity index is 1.95. The molecule has 0 saturated heterocycles. The number of rotatable bonds is 2. The number of hydrogen-bond donors (Lipinski definition) is 1. The number of benzene rings is 2. The molecule has 0 unspecified atom stereocenters. The van der Waals surface area contributed by atoms with Crippen LogP contribution in [0.4, 0.5) is 24.7 Å². The first kappa shape index (κ1) is 14.3. The van der Waals surface area contributed by atoms with E-state index in [4.69, 9.17) is 0 Å². The zero-order valence-corrected chi connectivity index (χ0v) is 11.6. The van der Waals surface area contributed by atoms with E-state index in [-0.39, 0.29) is 0 Å². The second-order valence-electron chi connectivity index (χ2n) is 4.89. The average molecular weight is 303 g/mol. The van der Waals surface area contributed by atoms with E-state index in [1.165, 1.54) is 18.5 Å². The van der Waals surface area contributed by atoms with Crippen molar-refractivity contribution in [2.45, 2.75) is 13.1 Å². The zero-order valence-electron chi connectivity index (χ0n) is 11.6. The molecule has 22 heavy (non-hydrogen) atoms. The van der Waals surface area contributed by atoms with Crippen molar-refractivity contribution in [1.82, 2.24) is 9.97 Å². The van der Waals surface area contributed by atoms with E-state index in [0.717, 1.165) is 28.6 Å². The summed E-state index contributed by atoms with van der Waals surface area (Å²) in [5, 5.41) is 3.86. The lowest BCUT2D eigenvalue weighted by atomic mass is 10.1. The lowest BCUT2D eigenvalue weighted by Crippen LogP contribution is -2.04. The normalized spacial score (nSPS) is 11.6. The maximum Gasteiger partial charge on any atom is 0.416 e. The van der Waals surface area contributed by atoms with Gasteiger partial charge >= 0.3 is 6.18 Å². The van der Waals surface area contributed by atoms with Crippen LogP contribution in [0, 0.1) is 6.92 Å². The first-order chi connectivity index (χ1) is 10.4. The van der Waals surface area contributed by atoms with Crippen molar-refractivity contribution in [2.75, 3.05) is 5.32 Å². The van der Waals surface area contributed by atoms with Crippen LogP contribution in [-0.2, 0) is 6.18 Å². The van der Waals surface area contributed by atoms with Crippen LogP contribution in [0.25, 0.3) is 10.9 Å². The molecule has 0 spiro atoms. The SMILES string of the molecule is Cc1cccc2c(Nc3ccc(C(F)(F)F)cc3)ncnc12. The summed E-state index contributed by atoms with van der Waals surface area (Å²) >= 11 is 0. The second kappa shape index (κ2) is 5.29. The van der Waals surface area contributed by atoms with Crippen LogP contribution in [0.2, 0.25) is 0 Å². The van der Waals surface area contributed by atoms with Gasteiger partial charge in [-0.1, -0.05) is 12.1 Å². The van der Waals surface area contributed by atoms with Crippen LogP contribution in [0.5, 0.6) is 0 Å². The van der Waals surface area contributed by atoms with Gasteiger partial charge in [0, 0.05) is 11.1 Å². The van der Waals surface area contributed by atoms with Gasteiger partial charge in [0.05, 0.1) is 11.1 Å². The predicted octanol–water partition coefficient (Wildman–Crippen LogP) is 4.70. The molecule has 1 aromatic heterocycles. The quantitative estimate of drug-likeness (QED) is 0.745. The standard InChI is InChI=1S/C16H12F3N3/c1-10-3-2-4-13-14(10)20-9-21-15(13)22-12-7-5-11(6-8-12)16(17,18)19/h2-9H,1H3,(H,20,21,22). The van der Waals surface area contributed by atoms with Crippen molar-refractivity contribution in [3.63, 3.8) is 0 Å². The van der Waals surface area contributed by atoms with E-state index in [0.29, 0.717) is 11.5 Å². The predicted molar refractivity (Wildman–Crippen MR) is 79.0 cm³/mol. The smallest absolute Gasteiger partial charge is 0.340 e. The van der Waals surface area contributed by atoms with Gasteiger partial charge in [0.15, 0.2) is 0 Å². The number of nitrogens with zero attached hydrogens (tertiary/aromatic N) is 2. The summed E-state index contributed by atoms with van der Waals surface area (Å²) in [5.41, 5.74) is 1.68. The first-order valence-corrected chi connectivity index (χ1v) is 6.60. The average Bonchev–Trinajstić information content (AvgIpc) is 2.48. The van der Waals surface area contributed by atoms with Crippen molar-refractivity contribution < 1.29 is 13.2 Å². The van der Waals surface area contributed by atoms with Crippen molar-refractivity contribution >= 4 is 22.4 Å². The highest BCUT2D eigenvalue weighted by atomic mass is 19.4. The lowest BCUT2D eigenvalue weighted by molar-refractivity contribution is -0.137. The summed E-state index contributed by atoms with van der Waals surface area (Å²) in [6.45, 7) is 1.94. The highest BCUT2D eigenvalue weighted by Crippen LogP contribution is 2.31. The Hall–Kier alpha value is -2.63. The Kier molecular flexibility index (Phi) is 3.44. The molecule has 0 bridgehead atoms. The minimum absolute atomic E-state index is 0.537. The van der Waals surface area contributed by atoms with E-state index >= 15 is 0 Å². The fraction of sp³-hybridized carbons (Fsp3) is 0.125. The minimum Gasteiger partial charge on any atom is -0.340 e. The van der Waals surface area contributed by atoms with Crippen LogP contribution in [0.1, 0.15) is 11.1 Å². The Morgan fingerprint density at radius 3 is 2.36 bits per heavy atom. The molecule has 0 aliphatic carbocycles. The van der Waals surface area contributed by atoms with Gasteiger partial charge in [0.2, 0.25) is 0 Å². The highest BCUT2D eigenvalue weighted by Gasteiger charge is 2.29. The summed E-state index contributed by atoms with van der Waals surface area (Å²) < 4.78 is 37.7. The number of anilines is 2. The van der Waals surface area contributed by atoms with Gasteiger partial charge in [-0.3, -0.25) is 0 Å². The van der Waals surface area contributed by atoms with E-state index in [1.807, 2.05) is 25.1 Å². The third-order valence-corrected chi connectivity index (χ3v) is 3.34. The monoisotopic (exact) mass is 303 g/mol. The van der Waals surface area contributed by atoms with Gasteiger partial charge < -0.3 is 5.32 Å². The summed E-state index contributed by atoms with van der Waals surface area (Å²) in [6, 6.07) is 10.5. The largest absolute Gasteiger partial charge is 0.416 e. The molecular weight excluding hydrogens is 291 g/mol. The van der Waals surface area contributed by atoms with Crippen LogP contribution in [-0.4, -0.2) is 9.97 Å². The second-order valence-corrected chi connectivity index (χ2v) is 4.89. The van der Waals surface area contributed by atoms with Gasteiger partial charge in [-0.2, -0.15) is 13.2 Å². The Labute approximate surface area is 124 Å². The number of fused-ring (bicyclic) bond motifs is 1. The number of aromatic nitrogens is 2. The number of nitrogens with one attached hydrogen (secondary N) is 1. The Bertz CT molecular complexity index is 811. The molecule has 2 aromatic carbocycles. The first-order valence-electron chi connectivity index (χ1n) is 6.60. The van der Waals surface area contributed by atoms with Gasteiger partial charge in [-0.25, -0.2) is 9.97 Å². The summed E-state index contributed by atoms with van der Waals surface area (Å²) in [6.07, 6.45) is -2.90. The molecule has 6 heteroatoms. The van der Waals surface area contributed by atoms with Crippen molar-refractivity contribution in [3.8, 4) is 0 Å². The molecule has 0 amide bonds. The van der Waals surface area contributed by atoms with Crippen molar-refractivity contribution in [2.24, 2.45) is 0 Å². The summed E-state index contributed by atoms with van der Waals surface area (Å²) in [4.78, 5) is 8.40. The molecule has 0 fully saturated rings. The van der Waals surface area contributed by atoms with Crippen LogP contribution in [0.3, 0.4) is 0 Å². The maximum absolute atomic E-state index is 12.6. The van der Waals surface area contributed by atoms with Crippen molar-refractivity contribution in [1.29, 1.82) is 0 Å². The van der Waals surface area contributed by atoms with E-state index < -0.39 is 11.7 Å². The van der Waals surface area contributed by atoms with Crippen LogP contribution in [0.15, 0.2) is 48.8 Å². The van der Waals surface area contributed by atoms with Gasteiger partial charge in [0.25, 0.3) is 0 Å². The molecule has 0 aliphatic rings. The third-order valence-electron chi connectivity index (χ3n) is 3.34. The molecule has 0 radical (unpaired) electrons. The number of hydrogen-bond acceptors (Lipinski definition) is 3. The topological polar surface area (TPSA) is 37.8 Å². The maximum atomic E-state index is 12.6. The summed E-state index contributed by atoms with van der Waals surface area (Å²) in [7, 11) is 0. The Morgan fingerprint density at radius 2 is 1.68 bits per heavy atom. The highest BCUT2D eigenvalue weighted by molar-refractivity contribution is 5.92. The molecule has 3 nitrogen and oxygen atoms in total. The molecule has 1 heterocycles. The lowest BCUT2D eigenvalue weighted by Gasteiger charge is -2.11. The number of para-hydroxylation sites is 1. The molecule has 0 atom stereocenters. The molecule has 0 saturated carbocycles. The number of alkyl halides is 3. The van der Waals surface area contributed by atoms with E-state index in [2.05, 4.69) is 15.3 Å². The minimum atomic E-state index is -4.34. The fourth-order valence-electron chi connectivity index (χ4n) is 2.21. The zero-order chi connectivity index (χ0) is 15.7. The molecular formula is C16H12F3N3. The molecule has 1 N–H and O–H groups in total.